The zero-order chi connectivity index (χ0) is 39.1. The summed E-state index contributed by atoms with van der Waals surface area (Å²) in [4.78, 5) is 10.2. The monoisotopic (exact) mass is 751 g/mol. The van der Waals surface area contributed by atoms with Gasteiger partial charge in [0.05, 0.1) is 22.4 Å². The van der Waals surface area contributed by atoms with Crippen molar-refractivity contribution >= 4 is 32.6 Å². The molecule has 2 aromatic heterocycles. The van der Waals surface area contributed by atoms with Crippen molar-refractivity contribution in [3.05, 3.63) is 224 Å². The van der Waals surface area contributed by atoms with E-state index in [-0.39, 0.29) is 0 Å². The normalized spacial score (nSPS) is 11.4. The molecular formula is C56H37N3. The number of nitrogens with zero attached hydrogens (tertiary/aromatic N) is 3. The van der Waals surface area contributed by atoms with Crippen LogP contribution in [0.5, 0.6) is 0 Å². The van der Waals surface area contributed by atoms with Crippen molar-refractivity contribution < 1.29 is 0 Å². The van der Waals surface area contributed by atoms with Gasteiger partial charge in [-0.25, -0.2) is 9.97 Å². The lowest BCUT2D eigenvalue weighted by Gasteiger charge is -2.14. The second-order valence-electron chi connectivity index (χ2n) is 15.0. The second kappa shape index (κ2) is 14.6. The molecule has 11 rings (SSSR count). The number of aromatic nitrogens is 3. The Hall–Kier alpha value is -7.88. The van der Waals surface area contributed by atoms with Gasteiger partial charge in [0.2, 0.25) is 0 Å². The summed E-state index contributed by atoms with van der Waals surface area (Å²) in [5, 5.41) is 4.82. The SMILES string of the molecule is c1ccc(-c2ccc3c(c2)c2cc(-c4ccc(-c5ccc(-c6cc(-c7ccccc7)nc(-c7ccccc7)n6)c6ccccc56)cc4)ccc2n3-c2ccccc2)cc1. The van der Waals surface area contributed by atoms with E-state index in [1.165, 1.54) is 60.6 Å². The van der Waals surface area contributed by atoms with Crippen LogP contribution >= 0.6 is 0 Å². The Morgan fingerprint density at radius 1 is 0.271 bits per heavy atom. The molecule has 0 atom stereocenters. The van der Waals surface area contributed by atoms with E-state index >= 15 is 0 Å². The molecule has 9 aromatic carbocycles. The minimum atomic E-state index is 0.713. The number of hydrogen-bond acceptors (Lipinski definition) is 2. The Kier molecular flexibility index (Phi) is 8.49. The summed E-state index contributed by atoms with van der Waals surface area (Å²) in [5.74, 6) is 0.713. The summed E-state index contributed by atoms with van der Waals surface area (Å²) >= 11 is 0. The Labute approximate surface area is 343 Å². The van der Waals surface area contributed by atoms with E-state index in [0.29, 0.717) is 5.82 Å². The fourth-order valence-electron chi connectivity index (χ4n) is 8.54. The standard InChI is InChI=1S/C56H37N3/c1-5-15-38(16-6-1)43-29-33-54-50(35-43)51-36-44(30-34-55(51)59(54)45-21-11-4-12-22-45)39-25-27-40(28-26-39)46-31-32-49(48-24-14-13-23-47(46)48)53-37-52(41-17-7-2-8-18-41)57-56(58-53)42-19-9-3-10-20-42/h1-37H. The van der Waals surface area contributed by atoms with E-state index in [4.69, 9.17) is 9.97 Å². The van der Waals surface area contributed by atoms with Crippen LogP contribution in [0.2, 0.25) is 0 Å². The lowest BCUT2D eigenvalue weighted by molar-refractivity contribution is 1.18. The van der Waals surface area contributed by atoms with Crippen LogP contribution in [-0.2, 0) is 0 Å². The highest BCUT2D eigenvalue weighted by Crippen LogP contribution is 2.40. The lowest BCUT2D eigenvalue weighted by atomic mass is 9.92. The molecule has 3 nitrogen and oxygen atoms in total. The molecule has 0 aliphatic carbocycles. The van der Waals surface area contributed by atoms with Crippen molar-refractivity contribution in [3.63, 3.8) is 0 Å². The molecule has 3 heteroatoms. The minimum Gasteiger partial charge on any atom is -0.309 e. The smallest absolute Gasteiger partial charge is 0.160 e. The zero-order valence-corrected chi connectivity index (χ0v) is 32.2. The molecule has 2 heterocycles. The van der Waals surface area contributed by atoms with E-state index in [1.807, 2.05) is 24.3 Å². The van der Waals surface area contributed by atoms with E-state index in [9.17, 15) is 0 Å². The summed E-state index contributed by atoms with van der Waals surface area (Å²) in [6, 6.07) is 79.9. The first kappa shape index (κ1) is 34.4. The van der Waals surface area contributed by atoms with Gasteiger partial charge in [-0.15, -0.1) is 0 Å². The molecule has 0 spiro atoms. The molecule has 0 bridgehead atoms. The van der Waals surface area contributed by atoms with Gasteiger partial charge in [0.15, 0.2) is 5.82 Å². The van der Waals surface area contributed by atoms with Crippen LogP contribution in [0.1, 0.15) is 0 Å². The predicted octanol–water partition coefficient (Wildman–Crippen LogP) is 14.7. The minimum absolute atomic E-state index is 0.713. The summed E-state index contributed by atoms with van der Waals surface area (Å²) in [6.07, 6.45) is 0. The van der Waals surface area contributed by atoms with Crippen LogP contribution in [0.15, 0.2) is 224 Å². The zero-order valence-electron chi connectivity index (χ0n) is 32.2. The number of rotatable bonds is 7. The maximum atomic E-state index is 5.16. The van der Waals surface area contributed by atoms with Gasteiger partial charge in [-0.05, 0) is 86.6 Å². The first-order valence-corrected chi connectivity index (χ1v) is 20.1. The third kappa shape index (κ3) is 6.26. The van der Waals surface area contributed by atoms with Crippen molar-refractivity contribution in [1.82, 2.24) is 14.5 Å². The van der Waals surface area contributed by atoms with Crippen LogP contribution in [0.3, 0.4) is 0 Å². The quantitative estimate of drug-likeness (QED) is 0.162. The lowest BCUT2D eigenvalue weighted by Crippen LogP contribution is -1.96. The third-order valence-corrected chi connectivity index (χ3v) is 11.4. The Morgan fingerprint density at radius 3 is 1.32 bits per heavy atom. The van der Waals surface area contributed by atoms with E-state index in [2.05, 4.69) is 205 Å². The largest absolute Gasteiger partial charge is 0.309 e. The van der Waals surface area contributed by atoms with Gasteiger partial charge in [-0.1, -0.05) is 182 Å². The van der Waals surface area contributed by atoms with Gasteiger partial charge in [0, 0.05) is 33.2 Å². The molecule has 11 aromatic rings. The highest BCUT2D eigenvalue weighted by Gasteiger charge is 2.17. The molecule has 0 saturated carbocycles. The maximum absolute atomic E-state index is 5.16. The Morgan fingerprint density at radius 2 is 0.712 bits per heavy atom. The summed E-state index contributed by atoms with van der Waals surface area (Å²) in [7, 11) is 0. The van der Waals surface area contributed by atoms with Gasteiger partial charge < -0.3 is 4.57 Å². The molecule has 276 valence electrons. The molecule has 0 saturated heterocycles. The van der Waals surface area contributed by atoms with E-state index in [0.717, 1.165) is 39.2 Å². The van der Waals surface area contributed by atoms with Crippen molar-refractivity contribution in [1.29, 1.82) is 0 Å². The van der Waals surface area contributed by atoms with Gasteiger partial charge >= 0.3 is 0 Å². The van der Waals surface area contributed by atoms with Crippen molar-refractivity contribution in [2.75, 3.05) is 0 Å². The Balaban J connectivity index is 0.995. The maximum Gasteiger partial charge on any atom is 0.160 e. The topological polar surface area (TPSA) is 30.7 Å². The number of benzene rings is 9. The van der Waals surface area contributed by atoms with Gasteiger partial charge in [0.1, 0.15) is 0 Å². The fourth-order valence-corrected chi connectivity index (χ4v) is 8.54. The second-order valence-corrected chi connectivity index (χ2v) is 15.0. The average Bonchev–Trinajstić information content (AvgIpc) is 3.65. The average molecular weight is 752 g/mol. The van der Waals surface area contributed by atoms with Crippen LogP contribution in [-0.4, -0.2) is 14.5 Å². The molecule has 0 radical (unpaired) electrons. The first-order valence-electron chi connectivity index (χ1n) is 20.1. The number of para-hydroxylation sites is 1. The van der Waals surface area contributed by atoms with Gasteiger partial charge in [-0.2, -0.15) is 0 Å². The van der Waals surface area contributed by atoms with Crippen LogP contribution in [0.4, 0.5) is 0 Å². The van der Waals surface area contributed by atoms with Gasteiger partial charge in [-0.3, -0.25) is 0 Å². The van der Waals surface area contributed by atoms with Crippen molar-refractivity contribution in [2.24, 2.45) is 0 Å². The molecule has 59 heavy (non-hydrogen) atoms. The van der Waals surface area contributed by atoms with Crippen LogP contribution < -0.4 is 0 Å². The van der Waals surface area contributed by atoms with Crippen molar-refractivity contribution in [2.45, 2.75) is 0 Å². The fraction of sp³-hybridized carbons (Fsp3) is 0. The first-order chi connectivity index (χ1) is 29.2. The van der Waals surface area contributed by atoms with Crippen LogP contribution in [0, 0.1) is 0 Å². The highest BCUT2D eigenvalue weighted by atomic mass is 15.0. The number of fused-ring (bicyclic) bond motifs is 4. The van der Waals surface area contributed by atoms with E-state index < -0.39 is 0 Å². The molecule has 0 amide bonds. The molecule has 0 aliphatic rings. The summed E-state index contributed by atoms with van der Waals surface area (Å²) < 4.78 is 2.38. The third-order valence-electron chi connectivity index (χ3n) is 11.4. The molecule has 0 N–H and O–H groups in total. The summed E-state index contributed by atoms with van der Waals surface area (Å²) in [5.41, 5.74) is 15.6. The van der Waals surface area contributed by atoms with Crippen molar-refractivity contribution in [3.8, 4) is 73.0 Å². The molecular weight excluding hydrogens is 715 g/mol. The predicted molar refractivity (Wildman–Crippen MR) is 246 cm³/mol. The van der Waals surface area contributed by atoms with Crippen LogP contribution in [0.25, 0.3) is 106 Å². The molecule has 0 aliphatic heterocycles. The summed E-state index contributed by atoms with van der Waals surface area (Å²) in [6.45, 7) is 0. The molecule has 0 unspecified atom stereocenters. The molecule has 0 fully saturated rings. The number of hydrogen-bond donors (Lipinski definition) is 0. The van der Waals surface area contributed by atoms with Gasteiger partial charge in [0.25, 0.3) is 0 Å². The Bertz CT molecular complexity index is 3220. The van der Waals surface area contributed by atoms with E-state index in [1.54, 1.807) is 0 Å². The highest BCUT2D eigenvalue weighted by molar-refractivity contribution is 6.12.